The number of alkyl halides is 3. The lowest BCUT2D eigenvalue weighted by atomic mass is 10.1. The molecule has 0 aliphatic heterocycles. The van der Waals surface area contributed by atoms with Gasteiger partial charge in [-0.15, -0.1) is 0 Å². The molecule has 1 aromatic heterocycles. The molecule has 2 aromatic carbocycles. The summed E-state index contributed by atoms with van der Waals surface area (Å²) in [5.41, 5.74) is -0.529. The Morgan fingerprint density at radius 1 is 1.14 bits per heavy atom. The summed E-state index contributed by atoms with van der Waals surface area (Å²) >= 11 is 0. The van der Waals surface area contributed by atoms with Crippen molar-refractivity contribution in [2.24, 2.45) is 0 Å². The molecule has 0 saturated carbocycles. The number of aromatic nitrogens is 2. The van der Waals surface area contributed by atoms with Crippen molar-refractivity contribution >= 4 is 11.7 Å². The predicted octanol–water partition coefficient (Wildman–Crippen LogP) is 3.95. The summed E-state index contributed by atoms with van der Waals surface area (Å²) < 4.78 is 47.7. The number of nitro groups is 1. The first-order valence-electron chi connectivity index (χ1n) is 8.12. The highest BCUT2D eigenvalue weighted by Gasteiger charge is 2.30. The second-order valence-corrected chi connectivity index (χ2v) is 5.81. The number of carbonyl (C=O) groups excluding carboxylic acids is 1. The topological polar surface area (TPSA) is 108 Å². The number of nitro benzene ring substituents is 1. The summed E-state index contributed by atoms with van der Waals surface area (Å²) in [4.78, 5) is 26.2. The molecule has 0 fully saturated rings. The van der Waals surface area contributed by atoms with Gasteiger partial charge in [-0.2, -0.15) is 18.2 Å². The molecule has 0 saturated heterocycles. The average molecular weight is 407 g/mol. The molecule has 8 nitrogen and oxygen atoms in total. The molecule has 0 spiro atoms. The van der Waals surface area contributed by atoms with Gasteiger partial charge in [-0.3, -0.25) is 14.9 Å². The fraction of sp³-hybridized carbons (Fsp3) is 0.167. The van der Waals surface area contributed by atoms with Crippen LogP contribution >= 0.6 is 0 Å². The van der Waals surface area contributed by atoms with Crippen LogP contribution in [0.3, 0.4) is 0 Å². The normalized spacial score (nSPS) is 11.3. The zero-order chi connectivity index (χ0) is 21.0. The highest BCUT2D eigenvalue weighted by Crippen LogP contribution is 2.30. The van der Waals surface area contributed by atoms with E-state index in [1.54, 1.807) is 6.07 Å². The second kappa shape index (κ2) is 8.09. The molecular formula is C18H12F3N3O5. The van der Waals surface area contributed by atoms with Crippen molar-refractivity contribution in [2.45, 2.75) is 19.2 Å². The third-order valence-corrected chi connectivity index (χ3v) is 3.82. The number of ether oxygens (including phenoxy) is 1. The number of halogens is 3. The Bertz CT molecular complexity index is 1030. The molecule has 0 atom stereocenters. The lowest BCUT2D eigenvalue weighted by molar-refractivity contribution is -0.385. The molecular weight excluding hydrogens is 395 g/mol. The zero-order valence-electron chi connectivity index (χ0n) is 14.5. The molecule has 0 N–H and O–H groups in total. The highest BCUT2D eigenvalue weighted by atomic mass is 19.4. The molecule has 3 rings (SSSR count). The number of para-hydroxylation sites is 1. The van der Waals surface area contributed by atoms with Crippen molar-refractivity contribution < 1.29 is 32.1 Å². The summed E-state index contributed by atoms with van der Waals surface area (Å²) in [6, 6.07) is 9.91. The van der Waals surface area contributed by atoms with E-state index < -0.39 is 22.6 Å². The predicted molar refractivity (Wildman–Crippen MR) is 91.3 cm³/mol. The summed E-state index contributed by atoms with van der Waals surface area (Å²) in [7, 11) is 0. The summed E-state index contributed by atoms with van der Waals surface area (Å²) in [5, 5.41) is 14.6. The maximum atomic E-state index is 12.6. The maximum Gasteiger partial charge on any atom is 0.416 e. The van der Waals surface area contributed by atoms with Crippen molar-refractivity contribution in [1.82, 2.24) is 10.1 Å². The molecule has 0 amide bonds. The molecule has 0 aliphatic rings. The van der Waals surface area contributed by atoms with Crippen LogP contribution in [-0.2, 0) is 28.7 Å². The minimum absolute atomic E-state index is 0.0310. The fourth-order valence-corrected chi connectivity index (χ4v) is 2.43. The van der Waals surface area contributed by atoms with Gasteiger partial charge in [-0.05, 0) is 12.1 Å². The number of hydrogen-bond donors (Lipinski definition) is 0. The first-order valence-corrected chi connectivity index (χ1v) is 8.12. The molecule has 0 unspecified atom stereocenters. The van der Waals surface area contributed by atoms with E-state index in [-0.39, 0.29) is 36.0 Å². The van der Waals surface area contributed by atoms with Crippen molar-refractivity contribution in [3.63, 3.8) is 0 Å². The smallest absolute Gasteiger partial charge is 0.416 e. The largest absolute Gasteiger partial charge is 0.455 e. The number of carbonyl (C=O) groups is 1. The van der Waals surface area contributed by atoms with Crippen molar-refractivity contribution in [1.29, 1.82) is 0 Å². The molecule has 0 bridgehead atoms. The van der Waals surface area contributed by atoms with Crippen molar-refractivity contribution in [2.75, 3.05) is 0 Å². The van der Waals surface area contributed by atoms with E-state index in [0.29, 0.717) is 5.56 Å². The fourth-order valence-electron chi connectivity index (χ4n) is 2.43. The van der Waals surface area contributed by atoms with E-state index in [1.165, 1.54) is 30.3 Å². The van der Waals surface area contributed by atoms with Gasteiger partial charge in [-0.25, -0.2) is 0 Å². The Morgan fingerprint density at radius 3 is 2.48 bits per heavy atom. The molecule has 150 valence electrons. The Labute approximate surface area is 161 Å². The third kappa shape index (κ3) is 4.94. The summed E-state index contributed by atoms with van der Waals surface area (Å²) in [6.07, 6.45) is -4.78. The molecule has 29 heavy (non-hydrogen) atoms. The van der Waals surface area contributed by atoms with E-state index in [4.69, 9.17) is 9.26 Å². The number of nitrogens with zero attached hydrogens (tertiary/aromatic N) is 3. The summed E-state index contributed by atoms with van der Waals surface area (Å²) in [6.45, 7) is -0.382. The highest BCUT2D eigenvalue weighted by molar-refractivity contribution is 5.74. The van der Waals surface area contributed by atoms with Crippen LogP contribution in [0.15, 0.2) is 53.1 Å². The standard InChI is InChI=1S/C18H12F3N3O5/c19-18(20,21)13-7-5-11(6-8-13)17-22-15(29-23-17)10-28-16(25)9-12-3-1-2-4-14(12)24(26)27/h1-8H,9-10H2. The van der Waals surface area contributed by atoms with E-state index in [1.807, 2.05) is 0 Å². The van der Waals surface area contributed by atoms with Gasteiger partial charge >= 0.3 is 12.1 Å². The van der Waals surface area contributed by atoms with Crippen LogP contribution in [0.1, 0.15) is 17.0 Å². The molecule has 0 aliphatic carbocycles. The van der Waals surface area contributed by atoms with Crippen LogP contribution in [0, 0.1) is 10.1 Å². The first-order chi connectivity index (χ1) is 13.7. The molecule has 11 heteroatoms. The Hall–Kier alpha value is -3.76. The molecule has 3 aromatic rings. The van der Waals surface area contributed by atoms with E-state index in [9.17, 15) is 28.1 Å². The van der Waals surface area contributed by atoms with Gasteiger partial charge in [0.1, 0.15) is 0 Å². The van der Waals surface area contributed by atoms with Gasteiger partial charge in [0.15, 0.2) is 6.61 Å². The lowest BCUT2D eigenvalue weighted by Crippen LogP contribution is -2.09. The maximum absolute atomic E-state index is 12.6. The Balaban J connectivity index is 1.61. The molecule has 0 radical (unpaired) electrons. The first kappa shape index (κ1) is 20.0. The van der Waals surface area contributed by atoms with Crippen LogP contribution in [0.25, 0.3) is 11.4 Å². The molecule has 1 heterocycles. The van der Waals surface area contributed by atoms with Gasteiger partial charge in [0.05, 0.1) is 16.9 Å². The number of hydrogen-bond acceptors (Lipinski definition) is 7. The zero-order valence-corrected chi connectivity index (χ0v) is 14.5. The van der Waals surface area contributed by atoms with E-state index >= 15 is 0 Å². The number of esters is 1. The Kier molecular flexibility index (Phi) is 5.57. The Morgan fingerprint density at radius 2 is 1.83 bits per heavy atom. The van der Waals surface area contributed by atoms with Crippen molar-refractivity contribution in [3.8, 4) is 11.4 Å². The number of benzene rings is 2. The van der Waals surface area contributed by atoms with E-state index in [2.05, 4.69) is 10.1 Å². The minimum atomic E-state index is -4.46. The van der Waals surface area contributed by atoms with Gasteiger partial charge in [0.2, 0.25) is 5.82 Å². The van der Waals surface area contributed by atoms with Crippen LogP contribution in [0.4, 0.5) is 18.9 Å². The average Bonchev–Trinajstić information content (AvgIpc) is 3.15. The van der Waals surface area contributed by atoms with Gasteiger partial charge < -0.3 is 9.26 Å². The van der Waals surface area contributed by atoms with Crippen LogP contribution < -0.4 is 0 Å². The van der Waals surface area contributed by atoms with Gasteiger partial charge in [0, 0.05) is 17.2 Å². The van der Waals surface area contributed by atoms with Gasteiger partial charge in [0.25, 0.3) is 11.6 Å². The van der Waals surface area contributed by atoms with Crippen LogP contribution in [0.2, 0.25) is 0 Å². The summed E-state index contributed by atoms with van der Waals surface area (Å²) in [5.74, 6) is -0.784. The van der Waals surface area contributed by atoms with Crippen LogP contribution in [-0.4, -0.2) is 21.0 Å². The third-order valence-electron chi connectivity index (χ3n) is 3.82. The van der Waals surface area contributed by atoms with Gasteiger partial charge in [-0.1, -0.05) is 35.5 Å². The van der Waals surface area contributed by atoms with E-state index in [0.717, 1.165) is 12.1 Å². The van der Waals surface area contributed by atoms with Crippen molar-refractivity contribution in [3.05, 3.63) is 75.7 Å². The second-order valence-electron chi connectivity index (χ2n) is 5.81. The SMILES string of the molecule is O=C(Cc1ccccc1[N+](=O)[O-])OCc1nc(-c2ccc(C(F)(F)F)cc2)no1. The minimum Gasteiger partial charge on any atom is -0.455 e. The lowest BCUT2D eigenvalue weighted by Gasteiger charge is -2.05. The van der Waals surface area contributed by atoms with Crippen LogP contribution in [0.5, 0.6) is 0 Å². The number of rotatable bonds is 6. The monoisotopic (exact) mass is 407 g/mol. The quantitative estimate of drug-likeness (QED) is 0.346.